The zero-order valence-corrected chi connectivity index (χ0v) is 9.31. The molecule has 0 aliphatic heterocycles. The zero-order valence-electron chi connectivity index (χ0n) is 5.56. The van der Waals surface area contributed by atoms with Crippen LogP contribution in [0.2, 0.25) is 0 Å². The fourth-order valence-electron chi connectivity index (χ4n) is 0.685. The van der Waals surface area contributed by atoms with Crippen molar-refractivity contribution in [2.75, 3.05) is 0 Å². The van der Waals surface area contributed by atoms with Gasteiger partial charge in [0.2, 0.25) is 0 Å². The average Bonchev–Trinajstić information content (AvgIpc) is 1.94. The van der Waals surface area contributed by atoms with Gasteiger partial charge in [-0.2, -0.15) is 0 Å². The van der Waals surface area contributed by atoms with Gasteiger partial charge in [-0.1, -0.05) is 15.9 Å². The summed E-state index contributed by atoms with van der Waals surface area (Å²) in [5.41, 5.74) is 2.38. The number of pyridine rings is 1. The normalized spacial score (nSPS) is 9.90. The smallest absolute Gasteiger partial charge is 0.0413 e. The Morgan fingerprint density at radius 2 is 2.40 bits per heavy atom. The number of aromatic nitrogens is 1. The zero-order chi connectivity index (χ0) is 7.56. The van der Waals surface area contributed by atoms with E-state index < -0.39 is 0 Å². The molecule has 0 atom stereocenters. The van der Waals surface area contributed by atoms with Crippen molar-refractivity contribution in [3.63, 3.8) is 0 Å². The molecular formula is C7H7BrIN. The van der Waals surface area contributed by atoms with Crippen molar-refractivity contribution >= 4 is 38.5 Å². The van der Waals surface area contributed by atoms with E-state index in [4.69, 9.17) is 0 Å². The largest absolute Gasteiger partial charge is 0.260 e. The second-order valence-electron chi connectivity index (χ2n) is 2.03. The summed E-state index contributed by atoms with van der Waals surface area (Å²) in [6.45, 7) is 2.02. The summed E-state index contributed by atoms with van der Waals surface area (Å²) in [5, 5.41) is 0.892. The van der Waals surface area contributed by atoms with Gasteiger partial charge in [0, 0.05) is 20.8 Å². The first-order chi connectivity index (χ1) is 4.74. The van der Waals surface area contributed by atoms with Crippen molar-refractivity contribution < 1.29 is 0 Å². The molecule has 0 aliphatic carbocycles. The molecule has 0 aromatic carbocycles. The molecule has 0 fully saturated rings. The van der Waals surface area contributed by atoms with Crippen LogP contribution in [0.5, 0.6) is 0 Å². The summed E-state index contributed by atoms with van der Waals surface area (Å²) in [5.74, 6) is 0. The van der Waals surface area contributed by atoms with Crippen LogP contribution in [0.1, 0.15) is 11.3 Å². The molecule has 0 radical (unpaired) electrons. The van der Waals surface area contributed by atoms with E-state index in [0.29, 0.717) is 0 Å². The van der Waals surface area contributed by atoms with E-state index in [1.807, 2.05) is 13.1 Å². The Labute approximate surface area is 82.5 Å². The summed E-state index contributed by atoms with van der Waals surface area (Å²) in [6, 6.07) is 2.14. The lowest BCUT2D eigenvalue weighted by Gasteiger charge is -1.99. The molecule has 0 amide bonds. The van der Waals surface area contributed by atoms with Crippen LogP contribution in [0.4, 0.5) is 0 Å². The van der Waals surface area contributed by atoms with Crippen molar-refractivity contribution in [1.29, 1.82) is 0 Å². The lowest BCUT2D eigenvalue weighted by atomic mass is 10.2. The highest BCUT2D eigenvalue weighted by Crippen LogP contribution is 2.12. The van der Waals surface area contributed by atoms with Crippen LogP contribution < -0.4 is 0 Å². The second kappa shape index (κ2) is 3.67. The van der Waals surface area contributed by atoms with E-state index in [1.54, 1.807) is 0 Å². The molecule has 0 saturated heterocycles. The quantitative estimate of drug-likeness (QED) is 0.574. The predicted molar refractivity (Wildman–Crippen MR) is 54.3 cm³/mol. The maximum absolute atomic E-state index is 4.21. The number of hydrogen-bond donors (Lipinski definition) is 0. The van der Waals surface area contributed by atoms with Crippen LogP contribution in [0.25, 0.3) is 0 Å². The first-order valence-corrected chi connectivity index (χ1v) is 5.11. The molecule has 0 N–H and O–H groups in total. The van der Waals surface area contributed by atoms with Gasteiger partial charge in [-0.15, -0.1) is 0 Å². The highest BCUT2D eigenvalue weighted by atomic mass is 127. The summed E-state index contributed by atoms with van der Waals surface area (Å²) in [7, 11) is 0. The lowest BCUT2D eigenvalue weighted by Crippen LogP contribution is -1.89. The van der Waals surface area contributed by atoms with Crippen LogP contribution in [0, 0.1) is 10.5 Å². The minimum atomic E-state index is 0.892. The molecule has 10 heavy (non-hydrogen) atoms. The molecule has 0 bridgehead atoms. The Balaban J connectivity index is 3.09. The van der Waals surface area contributed by atoms with Gasteiger partial charge < -0.3 is 0 Å². The minimum Gasteiger partial charge on any atom is -0.260 e. The van der Waals surface area contributed by atoms with Crippen molar-refractivity contribution in [3.05, 3.63) is 27.1 Å². The maximum Gasteiger partial charge on any atom is 0.0413 e. The summed E-state index contributed by atoms with van der Waals surface area (Å²) in [4.78, 5) is 4.21. The highest BCUT2D eigenvalue weighted by molar-refractivity contribution is 14.1. The molecular weight excluding hydrogens is 305 g/mol. The number of hydrogen-bond acceptors (Lipinski definition) is 1. The standard InChI is InChI=1S/C7H7BrIN/c1-5-6(3-8)2-7(9)4-10-5/h2,4H,3H2,1H3. The molecule has 0 unspecified atom stereocenters. The van der Waals surface area contributed by atoms with Gasteiger partial charge in [-0.25, -0.2) is 0 Å². The van der Waals surface area contributed by atoms with Gasteiger partial charge in [0.15, 0.2) is 0 Å². The van der Waals surface area contributed by atoms with E-state index in [0.717, 1.165) is 11.0 Å². The average molecular weight is 312 g/mol. The lowest BCUT2D eigenvalue weighted by molar-refractivity contribution is 1.13. The predicted octanol–water partition coefficient (Wildman–Crippen LogP) is 2.89. The third-order valence-electron chi connectivity index (χ3n) is 1.30. The SMILES string of the molecule is Cc1ncc(I)cc1CBr. The van der Waals surface area contributed by atoms with E-state index in [1.165, 1.54) is 9.13 Å². The van der Waals surface area contributed by atoms with Gasteiger partial charge in [0.1, 0.15) is 0 Å². The number of alkyl halides is 1. The Kier molecular flexibility index (Phi) is 3.10. The molecule has 0 spiro atoms. The Hall–Kier alpha value is 0.360. The summed E-state index contributed by atoms with van der Waals surface area (Å²) >= 11 is 5.66. The molecule has 0 aliphatic rings. The molecule has 0 saturated carbocycles. The third kappa shape index (κ3) is 1.92. The van der Waals surface area contributed by atoms with Crippen LogP contribution in [-0.4, -0.2) is 4.98 Å². The highest BCUT2D eigenvalue weighted by Gasteiger charge is 1.96. The van der Waals surface area contributed by atoms with Gasteiger partial charge >= 0.3 is 0 Å². The van der Waals surface area contributed by atoms with Gasteiger partial charge in [-0.3, -0.25) is 4.98 Å². The first-order valence-electron chi connectivity index (χ1n) is 2.91. The monoisotopic (exact) mass is 311 g/mol. The Bertz CT molecular complexity index is 237. The summed E-state index contributed by atoms with van der Waals surface area (Å²) < 4.78 is 1.19. The molecule has 1 rings (SSSR count). The van der Waals surface area contributed by atoms with Crippen molar-refractivity contribution in [1.82, 2.24) is 4.98 Å². The van der Waals surface area contributed by atoms with E-state index >= 15 is 0 Å². The van der Waals surface area contributed by atoms with Crippen LogP contribution in [0.15, 0.2) is 12.3 Å². The fourth-order valence-corrected chi connectivity index (χ4v) is 1.77. The van der Waals surface area contributed by atoms with E-state index in [9.17, 15) is 0 Å². The molecule has 1 nitrogen and oxygen atoms in total. The number of halogens is 2. The van der Waals surface area contributed by atoms with Crippen molar-refractivity contribution in [2.45, 2.75) is 12.3 Å². The van der Waals surface area contributed by atoms with Gasteiger partial charge in [0.05, 0.1) is 0 Å². The molecule has 1 heterocycles. The Morgan fingerprint density at radius 3 is 2.90 bits per heavy atom. The minimum absolute atomic E-state index is 0.892. The molecule has 3 heteroatoms. The van der Waals surface area contributed by atoms with Gasteiger partial charge in [0.25, 0.3) is 0 Å². The Morgan fingerprint density at radius 1 is 1.70 bits per heavy atom. The molecule has 1 aromatic rings. The van der Waals surface area contributed by atoms with Crippen molar-refractivity contribution in [3.8, 4) is 0 Å². The van der Waals surface area contributed by atoms with Crippen molar-refractivity contribution in [2.24, 2.45) is 0 Å². The van der Waals surface area contributed by atoms with E-state index in [-0.39, 0.29) is 0 Å². The van der Waals surface area contributed by atoms with Crippen LogP contribution >= 0.6 is 38.5 Å². The van der Waals surface area contributed by atoms with Crippen LogP contribution in [0.3, 0.4) is 0 Å². The fraction of sp³-hybridized carbons (Fsp3) is 0.286. The maximum atomic E-state index is 4.21. The van der Waals surface area contributed by atoms with Crippen LogP contribution in [-0.2, 0) is 5.33 Å². The number of nitrogens with zero attached hydrogens (tertiary/aromatic N) is 1. The first kappa shape index (κ1) is 8.46. The molecule has 1 aromatic heterocycles. The number of rotatable bonds is 1. The summed E-state index contributed by atoms with van der Waals surface area (Å²) in [6.07, 6.45) is 1.88. The number of aryl methyl sites for hydroxylation is 1. The van der Waals surface area contributed by atoms with E-state index in [2.05, 4.69) is 49.6 Å². The third-order valence-corrected chi connectivity index (χ3v) is 2.50. The molecule has 54 valence electrons. The topological polar surface area (TPSA) is 12.9 Å². The second-order valence-corrected chi connectivity index (χ2v) is 3.84. The van der Waals surface area contributed by atoms with Gasteiger partial charge in [-0.05, 0) is 41.1 Å².